The average molecular weight is 269 g/mol. The summed E-state index contributed by atoms with van der Waals surface area (Å²) < 4.78 is 13.1. The van der Waals surface area contributed by atoms with Gasteiger partial charge in [0.05, 0.1) is 5.56 Å². The van der Waals surface area contributed by atoms with Gasteiger partial charge in [-0.15, -0.1) is 0 Å². The van der Waals surface area contributed by atoms with Gasteiger partial charge in [0.2, 0.25) is 0 Å². The van der Waals surface area contributed by atoms with Crippen LogP contribution in [0.3, 0.4) is 0 Å². The van der Waals surface area contributed by atoms with Crippen molar-refractivity contribution in [1.29, 1.82) is 0 Å². The van der Waals surface area contributed by atoms with Crippen molar-refractivity contribution in [1.82, 2.24) is 4.90 Å². The van der Waals surface area contributed by atoms with Crippen LogP contribution in [-0.2, 0) is 4.79 Å². The summed E-state index contributed by atoms with van der Waals surface area (Å²) in [4.78, 5) is 24.1. The summed E-state index contributed by atoms with van der Waals surface area (Å²) in [5.41, 5.74) is -1.02. The van der Waals surface area contributed by atoms with Gasteiger partial charge in [-0.2, -0.15) is 0 Å². The van der Waals surface area contributed by atoms with Crippen LogP contribution in [-0.4, -0.2) is 39.1 Å². The Morgan fingerprint density at radius 2 is 1.89 bits per heavy atom. The maximum atomic E-state index is 13.1. The Morgan fingerprint density at radius 3 is 2.37 bits per heavy atom. The summed E-state index contributed by atoms with van der Waals surface area (Å²) in [5, 5.41) is 18.4. The standard InChI is InChI=1S/C13H16FNO4/c1-13(2,3)15(7-11(17)18)12(19)9-6-8(14)4-5-10(9)16/h4-6,16H,7H2,1-3H3,(H,17,18). The molecule has 0 heterocycles. The SMILES string of the molecule is CC(C)(C)N(CC(=O)O)C(=O)c1cc(F)ccc1O. The van der Waals surface area contributed by atoms with Crippen molar-refractivity contribution in [3.8, 4) is 5.75 Å². The molecule has 0 aliphatic carbocycles. The molecule has 1 aromatic rings. The van der Waals surface area contributed by atoms with Crippen LogP contribution >= 0.6 is 0 Å². The maximum Gasteiger partial charge on any atom is 0.323 e. The number of phenols is 1. The van der Waals surface area contributed by atoms with Crippen molar-refractivity contribution in [3.63, 3.8) is 0 Å². The number of hydrogen-bond acceptors (Lipinski definition) is 3. The molecule has 1 amide bonds. The molecular formula is C13H16FNO4. The van der Waals surface area contributed by atoms with Crippen LogP contribution < -0.4 is 0 Å². The monoisotopic (exact) mass is 269 g/mol. The van der Waals surface area contributed by atoms with Gasteiger partial charge in [-0.3, -0.25) is 9.59 Å². The molecule has 0 aromatic heterocycles. The van der Waals surface area contributed by atoms with Crippen LogP contribution in [0.4, 0.5) is 4.39 Å². The van der Waals surface area contributed by atoms with E-state index < -0.39 is 29.8 Å². The quantitative estimate of drug-likeness (QED) is 0.878. The zero-order valence-corrected chi connectivity index (χ0v) is 11.0. The molecule has 0 aliphatic rings. The molecule has 0 radical (unpaired) electrons. The molecule has 0 unspecified atom stereocenters. The molecule has 1 aromatic carbocycles. The van der Waals surface area contributed by atoms with Crippen molar-refractivity contribution in [3.05, 3.63) is 29.6 Å². The van der Waals surface area contributed by atoms with Crippen LogP contribution in [0.5, 0.6) is 5.75 Å². The van der Waals surface area contributed by atoms with Gasteiger partial charge in [0, 0.05) is 5.54 Å². The van der Waals surface area contributed by atoms with E-state index in [1.165, 1.54) is 0 Å². The van der Waals surface area contributed by atoms with Crippen molar-refractivity contribution < 1.29 is 24.2 Å². The Labute approximate surface area is 110 Å². The van der Waals surface area contributed by atoms with E-state index in [9.17, 15) is 19.1 Å². The number of aliphatic carboxylic acids is 1. The molecule has 0 aliphatic heterocycles. The van der Waals surface area contributed by atoms with Gasteiger partial charge in [0.15, 0.2) is 0 Å². The van der Waals surface area contributed by atoms with Gasteiger partial charge in [-0.1, -0.05) is 0 Å². The van der Waals surface area contributed by atoms with Gasteiger partial charge in [-0.25, -0.2) is 4.39 Å². The number of carbonyl (C=O) groups excluding carboxylic acids is 1. The summed E-state index contributed by atoms with van der Waals surface area (Å²) in [6.45, 7) is 4.44. The fourth-order valence-electron chi connectivity index (χ4n) is 1.57. The highest BCUT2D eigenvalue weighted by atomic mass is 19.1. The predicted molar refractivity (Wildman–Crippen MR) is 66.5 cm³/mol. The van der Waals surface area contributed by atoms with E-state index in [2.05, 4.69) is 0 Å². The number of amides is 1. The van der Waals surface area contributed by atoms with Crippen LogP contribution in [0.1, 0.15) is 31.1 Å². The third-order valence-electron chi connectivity index (χ3n) is 2.54. The molecule has 0 saturated heterocycles. The Hall–Kier alpha value is -2.11. The smallest absolute Gasteiger partial charge is 0.323 e. The fourth-order valence-corrected chi connectivity index (χ4v) is 1.57. The average Bonchev–Trinajstić information content (AvgIpc) is 2.26. The van der Waals surface area contributed by atoms with E-state index in [1.54, 1.807) is 20.8 Å². The second kappa shape index (κ2) is 5.26. The first-order chi connectivity index (χ1) is 8.62. The molecule has 5 nitrogen and oxygen atoms in total. The number of phenolic OH excluding ortho intramolecular Hbond substituents is 1. The Balaban J connectivity index is 3.19. The second-order valence-electron chi connectivity index (χ2n) is 5.12. The first-order valence-electron chi connectivity index (χ1n) is 5.65. The number of carboxylic acids is 1. The molecule has 104 valence electrons. The summed E-state index contributed by atoms with van der Waals surface area (Å²) in [5.74, 6) is -2.97. The van der Waals surface area contributed by atoms with Crippen molar-refractivity contribution in [2.24, 2.45) is 0 Å². The van der Waals surface area contributed by atoms with Crippen LogP contribution in [0.25, 0.3) is 0 Å². The highest BCUT2D eigenvalue weighted by Crippen LogP contribution is 2.23. The Kier molecular flexibility index (Phi) is 4.14. The molecular weight excluding hydrogens is 253 g/mol. The van der Waals surface area contributed by atoms with E-state index in [0.29, 0.717) is 0 Å². The van der Waals surface area contributed by atoms with Gasteiger partial charge in [-0.05, 0) is 39.0 Å². The van der Waals surface area contributed by atoms with Gasteiger partial charge >= 0.3 is 5.97 Å². The number of halogens is 1. The molecule has 0 spiro atoms. The second-order valence-corrected chi connectivity index (χ2v) is 5.12. The van der Waals surface area contributed by atoms with E-state index in [-0.39, 0.29) is 11.3 Å². The molecule has 0 bridgehead atoms. The summed E-state index contributed by atoms with van der Waals surface area (Å²) >= 11 is 0. The largest absolute Gasteiger partial charge is 0.507 e. The van der Waals surface area contributed by atoms with Crippen molar-refractivity contribution in [2.45, 2.75) is 26.3 Å². The minimum atomic E-state index is -1.18. The Morgan fingerprint density at radius 1 is 1.32 bits per heavy atom. The number of carboxylic acid groups (broad SMARTS) is 1. The number of carbonyl (C=O) groups is 2. The predicted octanol–water partition coefficient (Wildman–Crippen LogP) is 1.86. The normalized spacial score (nSPS) is 11.2. The number of aromatic hydroxyl groups is 1. The van der Waals surface area contributed by atoms with Gasteiger partial charge < -0.3 is 15.1 Å². The van der Waals surface area contributed by atoms with E-state index in [1.807, 2.05) is 0 Å². The molecule has 6 heteroatoms. The van der Waals surface area contributed by atoms with E-state index in [4.69, 9.17) is 5.11 Å². The lowest BCUT2D eigenvalue weighted by Crippen LogP contribution is -2.48. The number of hydrogen-bond donors (Lipinski definition) is 2. The number of rotatable bonds is 3. The zero-order chi connectivity index (χ0) is 14.8. The van der Waals surface area contributed by atoms with Crippen molar-refractivity contribution >= 4 is 11.9 Å². The number of nitrogens with zero attached hydrogens (tertiary/aromatic N) is 1. The molecule has 0 atom stereocenters. The molecule has 1 rings (SSSR count). The number of benzene rings is 1. The zero-order valence-electron chi connectivity index (χ0n) is 11.0. The third-order valence-corrected chi connectivity index (χ3v) is 2.54. The van der Waals surface area contributed by atoms with Crippen LogP contribution in [0.15, 0.2) is 18.2 Å². The summed E-state index contributed by atoms with van der Waals surface area (Å²) in [6.07, 6.45) is 0. The van der Waals surface area contributed by atoms with Crippen molar-refractivity contribution in [2.75, 3.05) is 6.54 Å². The first kappa shape index (κ1) is 14.9. The lowest BCUT2D eigenvalue weighted by Gasteiger charge is -2.34. The molecule has 0 fully saturated rings. The highest BCUT2D eigenvalue weighted by Gasteiger charge is 2.30. The summed E-state index contributed by atoms with van der Waals surface area (Å²) in [6, 6.07) is 2.97. The Bertz CT molecular complexity index is 508. The summed E-state index contributed by atoms with van der Waals surface area (Å²) in [7, 11) is 0. The third kappa shape index (κ3) is 3.67. The fraction of sp³-hybridized carbons (Fsp3) is 0.385. The topological polar surface area (TPSA) is 77.8 Å². The van der Waals surface area contributed by atoms with Gasteiger partial charge in [0.25, 0.3) is 5.91 Å². The van der Waals surface area contributed by atoms with E-state index >= 15 is 0 Å². The lowest BCUT2D eigenvalue weighted by atomic mass is 10.0. The molecule has 19 heavy (non-hydrogen) atoms. The molecule has 0 saturated carbocycles. The molecule has 2 N–H and O–H groups in total. The minimum absolute atomic E-state index is 0.254. The lowest BCUT2D eigenvalue weighted by molar-refractivity contribution is -0.138. The van der Waals surface area contributed by atoms with Gasteiger partial charge in [0.1, 0.15) is 18.1 Å². The first-order valence-corrected chi connectivity index (χ1v) is 5.65. The minimum Gasteiger partial charge on any atom is -0.507 e. The van der Waals surface area contributed by atoms with Crippen LogP contribution in [0, 0.1) is 5.82 Å². The maximum absolute atomic E-state index is 13.1. The highest BCUT2D eigenvalue weighted by molar-refractivity contribution is 5.98. The van der Waals surface area contributed by atoms with E-state index in [0.717, 1.165) is 23.1 Å². The van der Waals surface area contributed by atoms with Crippen LogP contribution in [0.2, 0.25) is 0 Å².